The molecule has 1 fully saturated rings. The first-order chi connectivity index (χ1) is 12.0. The van der Waals surface area contributed by atoms with Crippen molar-refractivity contribution in [1.82, 2.24) is 5.48 Å². The van der Waals surface area contributed by atoms with Crippen LogP contribution in [0.4, 0.5) is 0 Å². The number of hydrogen-bond donors (Lipinski definition) is 2. The number of benzene rings is 1. The van der Waals surface area contributed by atoms with Gasteiger partial charge in [-0.25, -0.2) is 4.79 Å². The Balaban J connectivity index is 2.03. The second-order valence-electron chi connectivity index (χ2n) is 5.88. The minimum atomic E-state index is -0.714. The van der Waals surface area contributed by atoms with Crippen molar-refractivity contribution < 1.29 is 23.8 Å². The fraction of sp³-hybridized carbons (Fsp3) is 0.389. The second-order valence-corrected chi connectivity index (χ2v) is 5.88. The summed E-state index contributed by atoms with van der Waals surface area (Å²) in [6.45, 7) is 6.10. The molecule has 1 aliphatic heterocycles. The van der Waals surface area contributed by atoms with Crippen LogP contribution in [-0.4, -0.2) is 25.1 Å². The van der Waals surface area contributed by atoms with E-state index in [1.54, 1.807) is 19.1 Å². The minimum absolute atomic E-state index is 0.0713. The van der Waals surface area contributed by atoms with Gasteiger partial charge in [-0.1, -0.05) is 6.58 Å². The summed E-state index contributed by atoms with van der Waals surface area (Å²) >= 11 is 0. The topological polar surface area (TPSA) is 90.2 Å². The number of hydrogen-bond acceptors (Lipinski definition) is 7. The average molecular weight is 347 g/mol. The highest BCUT2D eigenvalue weighted by atomic mass is 16.7. The Morgan fingerprint density at radius 3 is 2.88 bits per heavy atom. The van der Waals surface area contributed by atoms with E-state index in [1.807, 2.05) is 0 Å². The molecule has 2 heterocycles. The van der Waals surface area contributed by atoms with Crippen molar-refractivity contribution in [3.05, 3.63) is 40.3 Å². The Morgan fingerprint density at radius 1 is 1.40 bits per heavy atom. The van der Waals surface area contributed by atoms with E-state index >= 15 is 0 Å². The fourth-order valence-electron chi connectivity index (χ4n) is 2.88. The van der Waals surface area contributed by atoms with E-state index < -0.39 is 5.63 Å². The lowest BCUT2D eigenvalue weighted by Crippen LogP contribution is -2.25. The standard InChI is InChI=1S/C18H21NO6/c1-10-13(24-14-6-4-5-9-23-14)8-7-12-16(20)15(11(2)19-22-3)18(21)25-17(10)12/h7-8,14,19-20H,2,4-6,9H2,1,3H3. The molecule has 7 nitrogen and oxygen atoms in total. The van der Waals surface area contributed by atoms with Gasteiger partial charge in [0, 0.05) is 12.0 Å². The van der Waals surface area contributed by atoms with Gasteiger partial charge in [0.15, 0.2) is 6.29 Å². The van der Waals surface area contributed by atoms with E-state index in [2.05, 4.69) is 12.1 Å². The summed E-state index contributed by atoms with van der Waals surface area (Å²) in [5.74, 6) is 0.341. The molecule has 0 radical (unpaired) electrons. The van der Waals surface area contributed by atoms with Crippen LogP contribution < -0.4 is 15.8 Å². The first-order valence-corrected chi connectivity index (χ1v) is 8.09. The van der Waals surface area contributed by atoms with E-state index in [9.17, 15) is 9.90 Å². The molecule has 1 aromatic carbocycles. The lowest BCUT2D eigenvalue weighted by molar-refractivity contribution is -0.106. The Hall–Kier alpha value is -2.51. The number of aromatic hydroxyl groups is 1. The molecule has 0 bridgehead atoms. The maximum atomic E-state index is 12.3. The third-order valence-electron chi connectivity index (χ3n) is 4.17. The summed E-state index contributed by atoms with van der Waals surface area (Å²) in [5, 5.41) is 10.9. The molecule has 3 rings (SSSR count). The lowest BCUT2D eigenvalue weighted by atomic mass is 10.1. The smallest absolute Gasteiger partial charge is 0.349 e. The van der Waals surface area contributed by atoms with Gasteiger partial charge in [-0.3, -0.25) is 10.3 Å². The number of rotatable bonds is 5. The molecule has 25 heavy (non-hydrogen) atoms. The molecule has 1 saturated heterocycles. The van der Waals surface area contributed by atoms with Gasteiger partial charge in [-0.2, -0.15) is 0 Å². The molecule has 1 atom stereocenters. The van der Waals surface area contributed by atoms with E-state index in [0.29, 0.717) is 23.3 Å². The Labute approximate surface area is 144 Å². The zero-order valence-corrected chi connectivity index (χ0v) is 14.3. The molecular weight excluding hydrogens is 326 g/mol. The normalized spacial score (nSPS) is 17.4. The maximum absolute atomic E-state index is 12.3. The van der Waals surface area contributed by atoms with Gasteiger partial charge < -0.3 is 19.0 Å². The van der Waals surface area contributed by atoms with Crippen LogP contribution in [0.2, 0.25) is 0 Å². The molecule has 7 heteroatoms. The van der Waals surface area contributed by atoms with Gasteiger partial charge in [0.05, 0.1) is 24.8 Å². The second kappa shape index (κ2) is 7.16. The molecule has 1 aliphatic rings. The van der Waals surface area contributed by atoms with Crippen molar-refractivity contribution in [1.29, 1.82) is 0 Å². The van der Waals surface area contributed by atoms with Gasteiger partial charge >= 0.3 is 5.63 Å². The molecule has 2 aromatic rings. The maximum Gasteiger partial charge on any atom is 0.349 e. The number of hydroxylamine groups is 1. The monoisotopic (exact) mass is 347 g/mol. The van der Waals surface area contributed by atoms with E-state index in [-0.39, 0.29) is 28.9 Å². The minimum Gasteiger partial charge on any atom is -0.506 e. The van der Waals surface area contributed by atoms with Crippen LogP contribution in [0.3, 0.4) is 0 Å². The average Bonchev–Trinajstić information content (AvgIpc) is 2.59. The van der Waals surface area contributed by atoms with Crippen LogP contribution in [0.15, 0.2) is 27.9 Å². The largest absolute Gasteiger partial charge is 0.506 e. The zero-order chi connectivity index (χ0) is 18.0. The van der Waals surface area contributed by atoms with E-state index in [0.717, 1.165) is 19.3 Å². The predicted molar refractivity (Wildman–Crippen MR) is 92.3 cm³/mol. The van der Waals surface area contributed by atoms with Crippen LogP contribution in [0.5, 0.6) is 11.5 Å². The first-order valence-electron chi connectivity index (χ1n) is 8.09. The van der Waals surface area contributed by atoms with Gasteiger partial charge in [0.25, 0.3) is 0 Å². The third-order valence-corrected chi connectivity index (χ3v) is 4.17. The molecule has 0 saturated carbocycles. The van der Waals surface area contributed by atoms with Crippen molar-refractivity contribution in [3.8, 4) is 11.5 Å². The van der Waals surface area contributed by atoms with Crippen molar-refractivity contribution in [2.45, 2.75) is 32.5 Å². The highest BCUT2D eigenvalue weighted by Gasteiger charge is 2.21. The highest BCUT2D eigenvalue weighted by Crippen LogP contribution is 2.35. The van der Waals surface area contributed by atoms with E-state index in [4.69, 9.17) is 18.7 Å². The number of nitrogens with one attached hydrogen (secondary N) is 1. The molecule has 0 amide bonds. The molecular formula is C18H21NO6. The molecule has 1 unspecified atom stereocenters. The summed E-state index contributed by atoms with van der Waals surface area (Å²) < 4.78 is 16.9. The highest BCUT2D eigenvalue weighted by molar-refractivity contribution is 5.91. The zero-order valence-electron chi connectivity index (χ0n) is 14.3. The molecule has 2 N–H and O–H groups in total. The summed E-state index contributed by atoms with van der Waals surface area (Å²) in [6, 6.07) is 3.37. The summed E-state index contributed by atoms with van der Waals surface area (Å²) in [7, 11) is 1.38. The van der Waals surface area contributed by atoms with Crippen LogP contribution >= 0.6 is 0 Å². The van der Waals surface area contributed by atoms with Crippen LogP contribution in [0, 0.1) is 6.92 Å². The van der Waals surface area contributed by atoms with Crippen molar-refractivity contribution in [2.24, 2.45) is 0 Å². The summed E-state index contributed by atoms with van der Waals surface area (Å²) in [4.78, 5) is 17.0. The number of fused-ring (bicyclic) bond motifs is 1. The SMILES string of the molecule is C=C(NOC)c1c(O)c2ccc(OC3CCCCO3)c(C)c2oc1=O. The molecule has 0 spiro atoms. The van der Waals surface area contributed by atoms with Crippen LogP contribution in [0.25, 0.3) is 16.7 Å². The number of ether oxygens (including phenoxy) is 2. The molecule has 0 aliphatic carbocycles. The van der Waals surface area contributed by atoms with Crippen molar-refractivity contribution in [3.63, 3.8) is 0 Å². The first kappa shape index (κ1) is 17.3. The molecule has 134 valence electrons. The van der Waals surface area contributed by atoms with Gasteiger partial charge in [0.1, 0.15) is 22.6 Å². The van der Waals surface area contributed by atoms with Crippen LogP contribution in [-0.2, 0) is 9.57 Å². The predicted octanol–water partition coefficient (Wildman–Crippen LogP) is 2.83. The summed E-state index contributed by atoms with van der Waals surface area (Å²) in [5.41, 5.74) is 2.65. The summed E-state index contributed by atoms with van der Waals surface area (Å²) in [6.07, 6.45) is 2.58. The Bertz CT molecular complexity index is 851. The number of aryl methyl sites for hydroxylation is 1. The van der Waals surface area contributed by atoms with Crippen LogP contribution in [0.1, 0.15) is 30.4 Å². The quantitative estimate of drug-likeness (QED) is 0.635. The van der Waals surface area contributed by atoms with Gasteiger partial charge in [0.2, 0.25) is 0 Å². The van der Waals surface area contributed by atoms with E-state index in [1.165, 1.54) is 7.11 Å². The van der Waals surface area contributed by atoms with Crippen molar-refractivity contribution >= 4 is 16.7 Å². The van der Waals surface area contributed by atoms with Crippen molar-refractivity contribution in [2.75, 3.05) is 13.7 Å². The Kier molecular flexibility index (Phi) is 4.96. The fourth-order valence-corrected chi connectivity index (χ4v) is 2.88. The lowest BCUT2D eigenvalue weighted by Gasteiger charge is -2.24. The van der Waals surface area contributed by atoms with Gasteiger partial charge in [-0.05, 0) is 31.9 Å². The van der Waals surface area contributed by atoms with Gasteiger partial charge in [-0.15, -0.1) is 0 Å². The Morgan fingerprint density at radius 2 is 2.20 bits per heavy atom. The molecule has 1 aromatic heterocycles. The third kappa shape index (κ3) is 3.33.